The molecule has 0 aromatic heterocycles. The van der Waals surface area contributed by atoms with Crippen LogP contribution >= 0.6 is 23.4 Å². The largest absolute Gasteiger partial charge is 0.325 e. The summed E-state index contributed by atoms with van der Waals surface area (Å²) in [6.45, 7) is 3.94. The summed E-state index contributed by atoms with van der Waals surface area (Å²) in [4.78, 5) is 24.6. The molecule has 1 atom stereocenters. The van der Waals surface area contributed by atoms with E-state index in [4.69, 9.17) is 11.6 Å². The predicted molar refractivity (Wildman–Crippen MR) is 117 cm³/mol. The zero-order chi connectivity index (χ0) is 21.0. The Labute approximate surface area is 179 Å². The Morgan fingerprint density at radius 2 is 1.90 bits per heavy atom. The highest BCUT2D eigenvalue weighted by molar-refractivity contribution is 8.03. The predicted octanol–water partition coefficient (Wildman–Crippen LogP) is 4.67. The van der Waals surface area contributed by atoms with E-state index in [1.165, 1.54) is 0 Å². The molecule has 0 unspecified atom stereocenters. The maximum absolute atomic E-state index is 12.4. The monoisotopic (exact) mass is 425 g/mol. The van der Waals surface area contributed by atoms with Gasteiger partial charge in [0.25, 0.3) is 0 Å². The zero-order valence-electron chi connectivity index (χ0n) is 16.1. The van der Waals surface area contributed by atoms with E-state index in [2.05, 4.69) is 16.7 Å². The Bertz CT molecular complexity index is 1010. The van der Waals surface area contributed by atoms with Crippen LogP contribution in [0, 0.1) is 25.2 Å². The van der Waals surface area contributed by atoms with Gasteiger partial charge in [0.2, 0.25) is 11.8 Å². The first kappa shape index (κ1) is 21.0. The first-order valence-electron chi connectivity index (χ1n) is 9.06. The third-order valence-corrected chi connectivity index (χ3v) is 5.75. The smallest absolute Gasteiger partial charge is 0.234 e. The fourth-order valence-corrected chi connectivity index (χ4v) is 4.30. The SMILES string of the molecule is Cc1cc(C)cc(NC(=O)CSC2=C(C#N)[C@H](c3ccc(Cl)cc3)CC(=O)N2)c1. The van der Waals surface area contributed by atoms with Crippen molar-refractivity contribution >= 4 is 40.9 Å². The van der Waals surface area contributed by atoms with Crippen LogP contribution < -0.4 is 10.6 Å². The number of hydrogen-bond acceptors (Lipinski definition) is 4. The van der Waals surface area contributed by atoms with Crippen molar-refractivity contribution in [1.82, 2.24) is 5.32 Å². The molecule has 0 bridgehead atoms. The number of nitriles is 1. The molecule has 29 heavy (non-hydrogen) atoms. The summed E-state index contributed by atoms with van der Waals surface area (Å²) >= 11 is 7.10. The molecule has 5 nitrogen and oxygen atoms in total. The average molecular weight is 426 g/mol. The molecule has 1 aliphatic heterocycles. The van der Waals surface area contributed by atoms with Crippen molar-refractivity contribution in [1.29, 1.82) is 5.26 Å². The van der Waals surface area contributed by atoms with E-state index in [0.29, 0.717) is 15.6 Å². The second kappa shape index (κ2) is 9.17. The molecule has 0 radical (unpaired) electrons. The van der Waals surface area contributed by atoms with Crippen molar-refractivity contribution in [2.45, 2.75) is 26.2 Å². The Balaban J connectivity index is 1.75. The quantitative estimate of drug-likeness (QED) is 0.729. The number of allylic oxidation sites excluding steroid dienone is 1. The number of benzene rings is 2. The summed E-state index contributed by atoms with van der Waals surface area (Å²) in [6.07, 6.45) is 0.184. The molecule has 2 N–H and O–H groups in total. The molecule has 3 rings (SSSR count). The van der Waals surface area contributed by atoms with Gasteiger partial charge in [-0.3, -0.25) is 9.59 Å². The van der Waals surface area contributed by atoms with E-state index >= 15 is 0 Å². The molecule has 0 aliphatic carbocycles. The first-order chi connectivity index (χ1) is 13.9. The zero-order valence-corrected chi connectivity index (χ0v) is 17.7. The van der Waals surface area contributed by atoms with Gasteiger partial charge in [0.1, 0.15) is 0 Å². The molecular formula is C22H20ClN3O2S. The minimum atomic E-state index is -0.351. The van der Waals surface area contributed by atoms with E-state index in [-0.39, 0.29) is 29.9 Å². The van der Waals surface area contributed by atoms with E-state index in [1.807, 2.05) is 44.2 Å². The number of anilines is 1. The number of amides is 2. The lowest BCUT2D eigenvalue weighted by Gasteiger charge is -2.25. The van der Waals surface area contributed by atoms with Gasteiger partial charge in [-0.2, -0.15) is 5.26 Å². The lowest BCUT2D eigenvalue weighted by molar-refractivity contribution is -0.121. The summed E-state index contributed by atoms with van der Waals surface area (Å²) < 4.78 is 0. The maximum atomic E-state index is 12.4. The molecule has 2 amide bonds. The van der Waals surface area contributed by atoms with Gasteiger partial charge in [0, 0.05) is 23.0 Å². The summed E-state index contributed by atoms with van der Waals surface area (Å²) in [5, 5.41) is 16.3. The van der Waals surface area contributed by atoms with Crippen molar-refractivity contribution < 1.29 is 9.59 Å². The van der Waals surface area contributed by atoms with Crippen LogP contribution in [0.25, 0.3) is 0 Å². The van der Waals surface area contributed by atoms with Crippen LogP contribution in [0.3, 0.4) is 0 Å². The number of hydrogen-bond donors (Lipinski definition) is 2. The van der Waals surface area contributed by atoms with Crippen LogP contribution in [0.2, 0.25) is 5.02 Å². The van der Waals surface area contributed by atoms with Crippen LogP contribution in [0.1, 0.15) is 29.0 Å². The van der Waals surface area contributed by atoms with Crippen LogP contribution in [-0.4, -0.2) is 17.6 Å². The molecule has 0 saturated carbocycles. The van der Waals surface area contributed by atoms with Gasteiger partial charge < -0.3 is 10.6 Å². The normalized spacial score (nSPS) is 16.2. The lowest BCUT2D eigenvalue weighted by Crippen LogP contribution is -2.31. The number of rotatable bonds is 5. The van der Waals surface area contributed by atoms with Crippen molar-refractivity contribution in [2.75, 3.05) is 11.1 Å². The average Bonchev–Trinajstić information content (AvgIpc) is 2.65. The van der Waals surface area contributed by atoms with Gasteiger partial charge in [-0.1, -0.05) is 41.6 Å². The standard InChI is InChI=1S/C22H20ClN3O2S/c1-13-7-14(2)9-17(8-13)25-21(28)12-29-22-19(11-24)18(10-20(27)26-22)15-3-5-16(23)6-4-15/h3-9,18H,10,12H2,1-2H3,(H,25,28)(H,26,27)/t18-/m0/s1. The second-order valence-corrected chi connectivity index (χ2v) is 8.35. The van der Waals surface area contributed by atoms with Gasteiger partial charge in [0.05, 0.1) is 22.4 Å². The molecule has 2 aromatic rings. The van der Waals surface area contributed by atoms with Crippen molar-refractivity contribution in [3.05, 3.63) is 74.8 Å². The maximum Gasteiger partial charge on any atom is 0.234 e. The van der Waals surface area contributed by atoms with Crippen molar-refractivity contribution in [3.8, 4) is 6.07 Å². The van der Waals surface area contributed by atoms with E-state index in [1.54, 1.807) is 12.1 Å². The fourth-order valence-electron chi connectivity index (χ4n) is 3.29. The van der Waals surface area contributed by atoms with Gasteiger partial charge in [-0.25, -0.2) is 0 Å². The van der Waals surface area contributed by atoms with Crippen molar-refractivity contribution in [2.24, 2.45) is 0 Å². The van der Waals surface area contributed by atoms with Crippen LogP contribution in [0.15, 0.2) is 53.1 Å². The molecule has 2 aromatic carbocycles. The number of carbonyl (C=O) groups is 2. The number of thioether (sulfide) groups is 1. The van der Waals surface area contributed by atoms with E-state index < -0.39 is 0 Å². The lowest BCUT2D eigenvalue weighted by atomic mass is 9.87. The summed E-state index contributed by atoms with van der Waals surface area (Å²) in [5.74, 6) is -0.647. The highest BCUT2D eigenvalue weighted by atomic mass is 35.5. The van der Waals surface area contributed by atoms with E-state index in [0.717, 1.165) is 34.1 Å². The molecule has 1 aliphatic rings. The Morgan fingerprint density at radius 1 is 1.24 bits per heavy atom. The summed E-state index contributed by atoms with van der Waals surface area (Å²) in [6, 6.07) is 15.1. The molecular weight excluding hydrogens is 406 g/mol. The Hall–Kier alpha value is -2.75. The Morgan fingerprint density at radius 3 is 2.52 bits per heavy atom. The van der Waals surface area contributed by atoms with Gasteiger partial charge in [-0.05, 0) is 54.8 Å². The minimum Gasteiger partial charge on any atom is -0.325 e. The molecule has 1 heterocycles. The molecule has 148 valence electrons. The highest BCUT2D eigenvalue weighted by Crippen LogP contribution is 2.36. The van der Waals surface area contributed by atoms with Crippen LogP contribution in [0.4, 0.5) is 5.69 Å². The molecule has 0 spiro atoms. The Kier molecular flexibility index (Phi) is 6.63. The van der Waals surface area contributed by atoms with Gasteiger partial charge in [-0.15, -0.1) is 0 Å². The third-order valence-electron chi connectivity index (χ3n) is 4.48. The summed E-state index contributed by atoms with van der Waals surface area (Å²) in [7, 11) is 0. The van der Waals surface area contributed by atoms with Crippen molar-refractivity contribution in [3.63, 3.8) is 0 Å². The van der Waals surface area contributed by atoms with Gasteiger partial charge in [0.15, 0.2) is 0 Å². The molecule has 0 saturated heterocycles. The van der Waals surface area contributed by atoms with E-state index in [9.17, 15) is 14.9 Å². The minimum absolute atomic E-state index is 0.0844. The second-order valence-electron chi connectivity index (χ2n) is 6.92. The number of nitrogens with one attached hydrogen (secondary N) is 2. The van der Waals surface area contributed by atoms with Crippen LogP contribution in [0.5, 0.6) is 0 Å². The van der Waals surface area contributed by atoms with Crippen LogP contribution in [-0.2, 0) is 9.59 Å². The first-order valence-corrected chi connectivity index (χ1v) is 10.4. The fraction of sp³-hybridized carbons (Fsp3) is 0.227. The number of carbonyl (C=O) groups excluding carboxylic acids is 2. The molecule has 7 heteroatoms. The highest BCUT2D eigenvalue weighted by Gasteiger charge is 2.29. The number of aryl methyl sites for hydroxylation is 2. The third kappa shape index (κ3) is 5.41. The number of nitrogens with zero attached hydrogens (tertiary/aromatic N) is 1. The van der Waals surface area contributed by atoms with Gasteiger partial charge >= 0.3 is 0 Å². The topological polar surface area (TPSA) is 82.0 Å². The molecule has 0 fully saturated rings. The number of halogens is 1. The summed E-state index contributed by atoms with van der Waals surface area (Å²) in [5.41, 5.74) is 4.16.